The molecule has 1 aromatic rings. The molecule has 1 N–H and O–H groups in total. The van der Waals surface area contributed by atoms with E-state index in [2.05, 4.69) is 15.4 Å². The van der Waals surface area contributed by atoms with Gasteiger partial charge in [0.25, 0.3) is 0 Å². The maximum Gasteiger partial charge on any atom is 0.235 e. The molecule has 9 heteroatoms. The van der Waals surface area contributed by atoms with Gasteiger partial charge in [-0.15, -0.1) is 0 Å². The van der Waals surface area contributed by atoms with Crippen LogP contribution >= 0.6 is 0 Å². The van der Waals surface area contributed by atoms with Gasteiger partial charge in [0.15, 0.2) is 5.82 Å². The number of ether oxygens (including phenoxy) is 2. The number of amides is 2. The minimum Gasteiger partial charge on any atom is -0.379 e. The molecule has 156 valence electrons. The van der Waals surface area contributed by atoms with Crippen molar-refractivity contribution in [2.24, 2.45) is 11.8 Å². The van der Waals surface area contributed by atoms with Crippen molar-refractivity contribution in [2.45, 2.75) is 25.0 Å². The maximum atomic E-state index is 13.2. The van der Waals surface area contributed by atoms with Crippen LogP contribution in [0.25, 0.3) is 0 Å². The molecule has 4 atom stereocenters. The van der Waals surface area contributed by atoms with Gasteiger partial charge in [0.2, 0.25) is 11.8 Å². The summed E-state index contributed by atoms with van der Waals surface area (Å²) in [5.41, 5.74) is -0.746. The standard InChI is InChI=1S/C20H26N4O5/c1-13-11-15(22-29-13)24-12-20-4-3-14(28-20)16(17(20)19(24)26)18(25)21-5-2-6-23-7-9-27-10-8-23/h3-4,11,14,16-17H,2,5-10,12H2,1H3,(H,21,25)/t14-,16?,17?,20+/m1/s1. The van der Waals surface area contributed by atoms with Crippen LogP contribution in [0.3, 0.4) is 0 Å². The Morgan fingerprint density at radius 1 is 1.38 bits per heavy atom. The van der Waals surface area contributed by atoms with Gasteiger partial charge >= 0.3 is 0 Å². The summed E-state index contributed by atoms with van der Waals surface area (Å²) in [4.78, 5) is 30.0. The van der Waals surface area contributed by atoms with Crippen LogP contribution in [-0.4, -0.2) is 79.5 Å². The topological polar surface area (TPSA) is 97.1 Å². The highest BCUT2D eigenvalue weighted by Crippen LogP contribution is 2.52. The molecule has 1 spiro atoms. The fourth-order valence-corrected chi connectivity index (χ4v) is 4.93. The quantitative estimate of drug-likeness (QED) is 0.533. The van der Waals surface area contributed by atoms with E-state index in [1.165, 1.54) is 0 Å². The van der Waals surface area contributed by atoms with Crippen LogP contribution in [0.5, 0.6) is 0 Å². The molecule has 9 nitrogen and oxygen atoms in total. The van der Waals surface area contributed by atoms with Crippen LogP contribution in [0.4, 0.5) is 5.82 Å². The fourth-order valence-electron chi connectivity index (χ4n) is 4.93. The molecular formula is C20H26N4O5. The van der Waals surface area contributed by atoms with Gasteiger partial charge in [-0.05, 0) is 19.9 Å². The fraction of sp³-hybridized carbons (Fsp3) is 0.650. The third kappa shape index (κ3) is 3.17. The molecule has 0 saturated carbocycles. The first-order chi connectivity index (χ1) is 14.1. The first kappa shape index (κ1) is 18.8. The molecular weight excluding hydrogens is 376 g/mol. The lowest BCUT2D eigenvalue weighted by molar-refractivity contribution is -0.131. The van der Waals surface area contributed by atoms with E-state index in [1.807, 2.05) is 12.2 Å². The van der Waals surface area contributed by atoms with Crippen LogP contribution < -0.4 is 10.2 Å². The van der Waals surface area contributed by atoms with Crippen LogP contribution in [0, 0.1) is 18.8 Å². The second-order valence-corrected chi connectivity index (χ2v) is 8.22. The summed E-state index contributed by atoms with van der Waals surface area (Å²) in [7, 11) is 0. The molecule has 2 unspecified atom stereocenters. The number of carbonyl (C=O) groups excluding carboxylic acids is 2. The summed E-state index contributed by atoms with van der Waals surface area (Å²) in [5, 5.41) is 6.99. The number of morpholine rings is 1. The van der Waals surface area contributed by atoms with Gasteiger partial charge in [-0.2, -0.15) is 0 Å². The van der Waals surface area contributed by atoms with Gasteiger partial charge in [0.1, 0.15) is 11.4 Å². The number of aryl methyl sites for hydroxylation is 1. The molecule has 0 radical (unpaired) electrons. The highest BCUT2D eigenvalue weighted by molar-refractivity contribution is 6.02. The van der Waals surface area contributed by atoms with Crippen LogP contribution in [-0.2, 0) is 19.1 Å². The molecule has 1 aromatic heterocycles. The number of anilines is 1. The largest absolute Gasteiger partial charge is 0.379 e. The summed E-state index contributed by atoms with van der Waals surface area (Å²) < 4.78 is 16.6. The van der Waals surface area contributed by atoms with E-state index in [9.17, 15) is 9.59 Å². The predicted molar refractivity (Wildman–Crippen MR) is 102 cm³/mol. The number of hydrogen-bond acceptors (Lipinski definition) is 7. The van der Waals surface area contributed by atoms with Crippen molar-refractivity contribution in [3.63, 3.8) is 0 Å². The highest BCUT2D eigenvalue weighted by atomic mass is 16.5. The number of fused-ring (bicyclic) bond motifs is 1. The van der Waals surface area contributed by atoms with Gasteiger partial charge < -0.3 is 19.3 Å². The normalized spacial score (nSPS) is 33.5. The van der Waals surface area contributed by atoms with Crippen molar-refractivity contribution in [2.75, 3.05) is 50.8 Å². The lowest BCUT2D eigenvalue weighted by atomic mass is 9.77. The second-order valence-electron chi connectivity index (χ2n) is 8.22. The van der Waals surface area contributed by atoms with Crippen molar-refractivity contribution in [3.05, 3.63) is 24.0 Å². The zero-order valence-electron chi connectivity index (χ0n) is 16.5. The minimum absolute atomic E-state index is 0.111. The lowest BCUT2D eigenvalue weighted by Gasteiger charge is -2.27. The Bertz CT molecular complexity index is 833. The number of rotatable bonds is 6. The first-order valence-corrected chi connectivity index (χ1v) is 10.3. The van der Waals surface area contributed by atoms with Gasteiger partial charge in [0, 0.05) is 25.7 Å². The Morgan fingerprint density at radius 2 is 2.21 bits per heavy atom. The zero-order valence-corrected chi connectivity index (χ0v) is 16.5. The molecule has 0 aliphatic carbocycles. The predicted octanol–water partition coefficient (Wildman–Crippen LogP) is 0.108. The van der Waals surface area contributed by atoms with Crippen molar-refractivity contribution >= 4 is 17.6 Å². The summed E-state index contributed by atoms with van der Waals surface area (Å²) in [5.74, 6) is -0.153. The van der Waals surface area contributed by atoms with Crippen molar-refractivity contribution in [3.8, 4) is 0 Å². The molecule has 5 rings (SSSR count). The summed E-state index contributed by atoms with van der Waals surface area (Å²) in [6, 6.07) is 1.73. The molecule has 0 aromatic carbocycles. The molecule has 5 heterocycles. The number of nitrogens with one attached hydrogen (secondary N) is 1. The smallest absolute Gasteiger partial charge is 0.235 e. The van der Waals surface area contributed by atoms with E-state index in [-0.39, 0.29) is 17.9 Å². The van der Waals surface area contributed by atoms with Crippen LogP contribution in [0.2, 0.25) is 0 Å². The van der Waals surface area contributed by atoms with Crippen molar-refractivity contribution < 1.29 is 23.6 Å². The molecule has 4 aliphatic heterocycles. The maximum absolute atomic E-state index is 13.2. The Balaban J connectivity index is 1.22. The minimum atomic E-state index is -0.746. The summed E-state index contributed by atoms with van der Waals surface area (Å²) >= 11 is 0. The van der Waals surface area contributed by atoms with Crippen molar-refractivity contribution in [1.82, 2.24) is 15.4 Å². The number of nitrogens with zero attached hydrogens (tertiary/aromatic N) is 3. The monoisotopic (exact) mass is 402 g/mol. The number of aromatic nitrogens is 1. The average molecular weight is 402 g/mol. The Hall–Kier alpha value is -2.23. The van der Waals surface area contributed by atoms with E-state index in [4.69, 9.17) is 14.0 Å². The highest BCUT2D eigenvalue weighted by Gasteiger charge is 2.67. The molecule has 4 aliphatic rings. The molecule has 3 saturated heterocycles. The van der Waals surface area contributed by atoms with Crippen molar-refractivity contribution in [1.29, 1.82) is 0 Å². The SMILES string of the molecule is Cc1cc(N2C[C@]34C=C[C@@H](O3)C(C(=O)NCCCN3CCOCC3)C4C2=O)no1. The number of hydrogen-bond donors (Lipinski definition) is 1. The summed E-state index contributed by atoms with van der Waals surface area (Å²) in [6.45, 7) is 7.08. The van der Waals surface area contributed by atoms with Gasteiger partial charge in [-0.3, -0.25) is 19.4 Å². The van der Waals surface area contributed by atoms with E-state index in [1.54, 1.807) is 17.9 Å². The van der Waals surface area contributed by atoms with E-state index < -0.39 is 17.4 Å². The Kier molecular flexibility index (Phi) is 4.68. The molecule has 2 amide bonds. The van der Waals surface area contributed by atoms with E-state index >= 15 is 0 Å². The van der Waals surface area contributed by atoms with E-state index in [0.717, 1.165) is 39.3 Å². The van der Waals surface area contributed by atoms with E-state index in [0.29, 0.717) is 24.7 Å². The first-order valence-electron chi connectivity index (χ1n) is 10.3. The third-order valence-electron chi connectivity index (χ3n) is 6.35. The third-order valence-corrected chi connectivity index (χ3v) is 6.35. The molecule has 2 bridgehead atoms. The summed E-state index contributed by atoms with van der Waals surface area (Å²) in [6.07, 6.45) is 4.38. The van der Waals surface area contributed by atoms with Crippen LogP contribution in [0.15, 0.2) is 22.7 Å². The zero-order chi connectivity index (χ0) is 20.0. The molecule has 3 fully saturated rings. The van der Waals surface area contributed by atoms with Gasteiger partial charge in [-0.1, -0.05) is 17.3 Å². The lowest BCUT2D eigenvalue weighted by Crippen LogP contribution is -2.45. The number of carbonyl (C=O) groups is 2. The second kappa shape index (κ2) is 7.23. The molecule has 29 heavy (non-hydrogen) atoms. The van der Waals surface area contributed by atoms with Gasteiger partial charge in [-0.25, -0.2) is 0 Å². The van der Waals surface area contributed by atoms with Gasteiger partial charge in [0.05, 0.1) is 37.7 Å². The Morgan fingerprint density at radius 3 is 2.97 bits per heavy atom. The average Bonchev–Trinajstić information content (AvgIpc) is 3.47. The Labute approximate surface area is 169 Å². The van der Waals surface area contributed by atoms with Crippen LogP contribution in [0.1, 0.15) is 12.2 Å².